The Morgan fingerprint density at radius 1 is 1.21 bits per heavy atom. The highest BCUT2D eigenvalue weighted by Crippen LogP contribution is 2.64. The van der Waals surface area contributed by atoms with E-state index in [0.717, 1.165) is 24.0 Å². The molecule has 24 heavy (non-hydrogen) atoms. The molecule has 4 heteroatoms. The van der Waals surface area contributed by atoms with Crippen molar-refractivity contribution in [2.75, 3.05) is 0 Å². The van der Waals surface area contributed by atoms with E-state index in [9.17, 15) is 14.7 Å². The van der Waals surface area contributed by atoms with Gasteiger partial charge in [-0.1, -0.05) is 26.8 Å². The Morgan fingerprint density at radius 2 is 1.92 bits per heavy atom. The molecule has 0 aromatic heterocycles. The van der Waals surface area contributed by atoms with E-state index in [2.05, 4.69) is 6.92 Å². The summed E-state index contributed by atoms with van der Waals surface area (Å²) >= 11 is 0. The molecule has 0 bridgehead atoms. The normalized spacial score (nSPS) is 43.6. The Balaban J connectivity index is 1.82. The van der Waals surface area contributed by atoms with Gasteiger partial charge >= 0.3 is 5.97 Å². The fourth-order valence-electron chi connectivity index (χ4n) is 5.91. The average molecular weight is 330 g/mol. The zero-order valence-electron chi connectivity index (χ0n) is 14.9. The van der Waals surface area contributed by atoms with Crippen molar-refractivity contribution in [3.8, 4) is 0 Å². The maximum Gasteiger partial charge on any atom is 0.334 e. The van der Waals surface area contributed by atoms with Crippen LogP contribution in [0.25, 0.3) is 0 Å². The highest BCUT2D eigenvalue weighted by molar-refractivity contribution is 5.92. The summed E-state index contributed by atoms with van der Waals surface area (Å²) in [4.78, 5) is 24.4. The van der Waals surface area contributed by atoms with Crippen molar-refractivity contribution < 1.29 is 19.4 Å². The van der Waals surface area contributed by atoms with Gasteiger partial charge in [0.2, 0.25) is 0 Å². The molecule has 0 spiro atoms. The number of ketones is 1. The smallest absolute Gasteiger partial charge is 0.334 e. The van der Waals surface area contributed by atoms with Gasteiger partial charge in [-0.2, -0.15) is 0 Å². The maximum absolute atomic E-state index is 12.5. The quantitative estimate of drug-likeness (QED) is 0.693. The number of esters is 1. The summed E-state index contributed by atoms with van der Waals surface area (Å²) < 4.78 is 5.51. The van der Waals surface area contributed by atoms with Crippen molar-refractivity contribution in [3.05, 3.63) is 22.8 Å². The molecular formula is C20H26O4. The van der Waals surface area contributed by atoms with Crippen molar-refractivity contribution >= 4 is 11.8 Å². The Bertz CT molecular complexity index is 713. The minimum atomic E-state index is -0.993. The Morgan fingerprint density at radius 3 is 2.62 bits per heavy atom. The summed E-state index contributed by atoms with van der Waals surface area (Å²) in [5.74, 6) is 0.188. The lowest BCUT2D eigenvalue weighted by atomic mass is 9.44. The van der Waals surface area contributed by atoms with Crippen LogP contribution in [0.1, 0.15) is 59.8 Å². The van der Waals surface area contributed by atoms with Crippen LogP contribution in [0.15, 0.2) is 22.8 Å². The van der Waals surface area contributed by atoms with E-state index in [1.54, 1.807) is 6.92 Å². The van der Waals surface area contributed by atoms with Crippen LogP contribution in [0, 0.1) is 16.7 Å². The third-order valence-electron chi connectivity index (χ3n) is 7.55. The standard InChI is InChI=1S/C20H26O4/c1-11-13-9-12-5-6-15-18(2,3)16(21)7-8-19(15,4)20(12,23)10-14(13)24-17(11)22/h9,14-15,23H,5-8,10H2,1-4H3. The zero-order chi connectivity index (χ0) is 17.5. The van der Waals surface area contributed by atoms with E-state index in [0.29, 0.717) is 30.6 Å². The number of hydrogen-bond donors (Lipinski definition) is 1. The third-order valence-corrected chi connectivity index (χ3v) is 7.55. The second-order valence-corrected chi connectivity index (χ2v) is 8.86. The molecule has 4 unspecified atom stereocenters. The topological polar surface area (TPSA) is 63.6 Å². The van der Waals surface area contributed by atoms with Gasteiger partial charge in [-0.25, -0.2) is 4.79 Å². The van der Waals surface area contributed by atoms with Gasteiger partial charge in [0.05, 0.1) is 5.60 Å². The minimum absolute atomic E-state index is 0.150. The molecule has 0 saturated heterocycles. The van der Waals surface area contributed by atoms with Crippen LogP contribution in [0.2, 0.25) is 0 Å². The number of Topliss-reactive ketones (excluding diaryl/α,β-unsaturated/α-hetero) is 1. The van der Waals surface area contributed by atoms with Crippen LogP contribution < -0.4 is 0 Å². The van der Waals surface area contributed by atoms with Crippen LogP contribution in [-0.2, 0) is 14.3 Å². The lowest BCUT2D eigenvalue weighted by Gasteiger charge is -2.62. The molecule has 4 aliphatic rings. The molecule has 2 fully saturated rings. The lowest BCUT2D eigenvalue weighted by molar-refractivity contribution is -0.178. The highest BCUT2D eigenvalue weighted by atomic mass is 16.5. The fraction of sp³-hybridized carbons (Fsp3) is 0.700. The first-order chi connectivity index (χ1) is 11.1. The molecule has 2 saturated carbocycles. The van der Waals surface area contributed by atoms with Gasteiger partial charge in [0.25, 0.3) is 0 Å². The summed E-state index contributed by atoms with van der Waals surface area (Å²) in [6.07, 6.45) is 5.00. The van der Waals surface area contributed by atoms with Crippen molar-refractivity contribution in [3.63, 3.8) is 0 Å². The van der Waals surface area contributed by atoms with Crippen LogP contribution in [0.4, 0.5) is 0 Å². The second-order valence-electron chi connectivity index (χ2n) is 8.86. The summed E-state index contributed by atoms with van der Waals surface area (Å²) in [7, 11) is 0. The van der Waals surface area contributed by atoms with Gasteiger partial charge in [0, 0.05) is 34.8 Å². The van der Waals surface area contributed by atoms with E-state index in [4.69, 9.17) is 4.74 Å². The number of carbonyl (C=O) groups excluding carboxylic acids is 2. The first-order valence-corrected chi connectivity index (χ1v) is 9.00. The SMILES string of the molecule is CC1=C2C=C3CCC4C(C)(C)C(=O)CCC4(C)C3(O)CC2OC1=O. The van der Waals surface area contributed by atoms with E-state index in [1.165, 1.54) is 0 Å². The molecule has 1 heterocycles. The van der Waals surface area contributed by atoms with Gasteiger partial charge in [-0.15, -0.1) is 0 Å². The first kappa shape index (κ1) is 16.1. The minimum Gasteiger partial charge on any atom is -0.454 e. The van der Waals surface area contributed by atoms with Crippen molar-refractivity contribution in [1.82, 2.24) is 0 Å². The van der Waals surface area contributed by atoms with Gasteiger partial charge in [-0.05, 0) is 37.7 Å². The number of aliphatic hydroxyl groups is 1. The van der Waals surface area contributed by atoms with E-state index < -0.39 is 11.0 Å². The number of hydrogen-bond acceptors (Lipinski definition) is 4. The van der Waals surface area contributed by atoms with Crippen LogP contribution in [0.3, 0.4) is 0 Å². The van der Waals surface area contributed by atoms with E-state index in [1.807, 2.05) is 19.9 Å². The summed E-state index contributed by atoms with van der Waals surface area (Å²) in [6, 6.07) is 0. The summed E-state index contributed by atoms with van der Waals surface area (Å²) in [5.41, 5.74) is 0.867. The summed E-state index contributed by atoms with van der Waals surface area (Å²) in [5, 5.41) is 11.8. The predicted octanol–water partition coefficient (Wildman–Crippen LogP) is 3.09. The Kier molecular flexibility index (Phi) is 3.08. The Hall–Kier alpha value is -1.42. The molecule has 4 rings (SSSR count). The van der Waals surface area contributed by atoms with E-state index >= 15 is 0 Å². The van der Waals surface area contributed by atoms with Gasteiger partial charge in [-0.3, -0.25) is 4.79 Å². The molecule has 0 aromatic carbocycles. The summed E-state index contributed by atoms with van der Waals surface area (Å²) in [6.45, 7) is 8.00. The largest absolute Gasteiger partial charge is 0.454 e. The third kappa shape index (κ3) is 1.73. The predicted molar refractivity (Wildman–Crippen MR) is 89.1 cm³/mol. The molecular weight excluding hydrogens is 304 g/mol. The maximum atomic E-state index is 12.5. The molecule has 4 nitrogen and oxygen atoms in total. The number of carbonyl (C=O) groups is 2. The van der Waals surface area contributed by atoms with Crippen LogP contribution >= 0.6 is 0 Å². The molecule has 0 amide bonds. The number of rotatable bonds is 0. The highest BCUT2D eigenvalue weighted by Gasteiger charge is 2.64. The van der Waals surface area contributed by atoms with Crippen LogP contribution in [0.5, 0.6) is 0 Å². The lowest BCUT2D eigenvalue weighted by Crippen LogP contribution is -2.63. The molecule has 0 aromatic rings. The van der Waals surface area contributed by atoms with Gasteiger partial charge in [0.15, 0.2) is 0 Å². The van der Waals surface area contributed by atoms with E-state index in [-0.39, 0.29) is 23.4 Å². The molecule has 3 aliphatic carbocycles. The molecule has 0 radical (unpaired) electrons. The van der Waals surface area contributed by atoms with Crippen molar-refractivity contribution in [2.45, 2.75) is 71.5 Å². The van der Waals surface area contributed by atoms with Crippen molar-refractivity contribution in [1.29, 1.82) is 0 Å². The number of fused-ring (bicyclic) bond motifs is 4. The second kappa shape index (κ2) is 4.60. The molecule has 1 aliphatic heterocycles. The molecule has 4 atom stereocenters. The molecule has 1 N–H and O–H groups in total. The fourth-order valence-corrected chi connectivity index (χ4v) is 5.91. The monoisotopic (exact) mass is 330 g/mol. The van der Waals surface area contributed by atoms with Gasteiger partial charge in [0.1, 0.15) is 11.9 Å². The molecule has 130 valence electrons. The average Bonchev–Trinajstić information content (AvgIpc) is 2.77. The van der Waals surface area contributed by atoms with Gasteiger partial charge < -0.3 is 9.84 Å². The first-order valence-electron chi connectivity index (χ1n) is 9.00. The van der Waals surface area contributed by atoms with Crippen molar-refractivity contribution in [2.24, 2.45) is 16.7 Å². The zero-order valence-corrected chi connectivity index (χ0v) is 14.9. The van der Waals surface area contributed by atoms with Crippen LogP contribution in [-0.4, -0.2) is 28.6 Å². The Labute approximate surface area is 143 Å². The number of ether oxygens (including phenoxy) is 1.